The highest BCUT2D eigenvalue weighted by atomic mass is 19.2. The number of likely N-dealkylation sites (tertiary alicyclic amines) is 1. The summed E-state index contributed by atoms with van der Waals surface area (Å²) in [6.07, 6.45) is 6.48. The SMILES string of the molecule is O=C(Cn1cc(Nc2ncnc3cc(OCCCN4CCCC4)ccc23)nn1)Nc1cccc(F)c1F. The highest BCUT2D eigenvalue weighted by molar-refractivity contribution is 5.91. The number of benzene rings is 2. The molecule has 0 radical (unpaired) electrons. The molecule has 0 spiro atoms. The van der Waals surface area contributed by atoms with Crippen molar-refractivity contribution in [3.8, 4) is 5.75 Å². The van der Waals surface area contributed by atoms with Crippen molar-refractivity contribution in [2.75, 3.05) is 36.9 Å². The number of halogens is 2. The number of rotatable bonds is 10. The van der Waals surface area contributed by atoms with E-state index < -0.39 is 17.5 Å². The van der Waals surface area contributed by atoms with E-state index in [1.54, 1.807) is 0 Å². The molecule has 1 aliphatic heterocycles. The Morgan fingerprint density at radius 3 is 2.84 bits per heavy atom. The van der Waals surface area contributed by atoms with E-state index in [1.165, 1.54) is 55.3 Å². The Labute approximate surface area is 211 Å². The van der Waals surface area contributed by atoms with Crippen molar-refractivity contribution in [3.63, 3.8) is 0 Å². The highest BCUT2D eigenvalue weighted by Crippen LogP contribution is 2.26. The van der Waals surface area contributed by atoms with Crippen LogP contribution >= 0.6 is 0 Å². The number of anilines is 3. The van der Waals surface area contributed by atoms with Gasteiger partial charge in [-0.05, 0) is 56.6 Å². The van der Waals surface area contributed by atoms with E-state index in [1.807, 2.05) is 18.2 Å². The molecule has 0 aliphatic carbocycles. The maximum absolute atomic E-state index is 13.8. The van der Waals surface area contributed by atoms with Gasteiger partial charge < -0.3 is 20.3 Å². The van der Waals surface area contributed by atoms with Crippen molar-refractivity contribution in [2.24, 2.45) is 0 Å². The summed E-state index contributed by atoms with van der Waals surface area (Å²) < 4.78 is 34.3. The molecule has 0 bridgehead atoms. The second-order valence-corrected chi connectivity index (χ2v) is 8.73. The summed E-state index contributed by atoms with van der Waals surface area (Å²) in [6, 6.07) is 9.17. The Bertz CT molecular complexity index is 1390. The first-order valence-electron chi connectivity index (χ1n) is 12.1. The lowest BCUT2D eigenvalue weighted by Crippen LogP contribution is -2.21. The fourth-order valence-corrected chi connectivity index (χ4v) is 4.20. The minimum atomic E-state index is -1.12. The molecule has 0 unspecified atom stereocenters. The van der Waals surface area contributed by atoms with E-state index in [-0.39, 0.29) is 12.2 Å². The zero-order valence-electron chi connectivity index (χ0n) is 20.0. The van der Waals surface area contributed by atoms with Crippen LogP contribution in [0.25, 0.3) is 10.9 Å². The molecule has 192 valence electrons. The number of hydrogen-bond donors (Lipinski definition) is 2. The predicted molar refractivity (Wildman–Crippen MR) is 134 cm³/mol. The summed E-state index contributed by atoms with van der Waals surface area (Å²) in [7, 11) is 0. The number of amides is 1. The maximum atomic E-state index is 13.8. The van der Waals surface area contributed by atoms with Crippen LogP contribution in [0.5, 0.6) is 5.75 Å². The standard InChI is InChI=1S/C25H26F2N8O2/c26-19-5-3-6-20(24(19)27)30-23(36)15-35-14-22(32-33-35)31-25-18-8-7-17(13-21(18)28-16-29-25)37-12-4-11-34-9-1-2-10-34/h3,5-8,13-14,16H,1-2,4,9-12,15H2,(H,30,36)(H,28,29,31). The fourth-order valence-electron chi connectivity index (χ4n) is 4.20. The molecule has 1 aliphatic rings. The van der Waals surface area contributed by atoms with Gasteiger partial charge >= 0.3 is 0 Å². The molecule has 0 saturated carbocycles. The van der Waals surface area contributed by atoms with Gasteiger partial charge in [-0.3, -0.25) is 4.79 Å². The minimum absolute atomic E-state index is 0.242. The number of nitrogens with zero attached hydrogens (tertiary/aromatic N) is 6. The molecule has 1 fully saturated rings. The lowest BCUT2D eigenvalue weighted by atomic mass is 10.2. The van der Waals surface area contributed by atoms with Gasteiger partial charge in [0.2, 0.25) is 5.91 Å². The largest absolute Gasteiger partial charge is 0.493 e. The van der Waals surface area contributed by atoms with Gasteiger partial charge in [-0.2, -0.15) is 0 Å². The van der Waals surface area contributed by atoms with Gasteiger partial charge in [0, 0.05) is 18.0 Å². The Balaban J connectivity index is 1.18. The lowest BCUT2D eigenvalue weighted by Gasteiger charge is -2.14. The molecule has 2 N–H and O–H groups in total. The van der Waals surface area contributed by atoms with Crippen LogP contribution in [-0.2, 0) is 11.3 Å². The summed E-state index contributed by atoms with van der Waals surface area (Å²) in [4.78, 5) is 23.3. The van der Waals surface area contributed by atoms with Crippen LogP contribution in [0.1, 0.15) is 19.3 Å². The number of nitrogens with one attached hydrogen (secondary N) is 2. The zero-order valence-corrected chi connectivity index (χ0v) is 20.0. The first-order chi connectivity index (χ1) is 18.0. The molecule has 3 heterocycles. The normalized spacial score (nSPS) is 13.7. The molecular formula is C25H26F2N8O2. The second kappa shape index (κ2) is 11.2. The van der Waals surface area contributed by atoms with Gasteiger partial charge in [0.15, 0.2) is 17.5 Å². The van der Waals surface area contributed by atoms with Crippen LogP contribution in [-0.4, -0.2) is 62.0 Å². The van der Waals surface area contributed by atoms with Crippen LogP contribution in [0, 0.1) is 11.6 Å². The maximum Gasteiger partial charge on any atom is 0.246 e. The van der Waals surface area contributed by atoms with Crippen LogP contribution in [0.15, 0.2) is 48.9 Å². The van der Waals surface area contributed by atoms with Crippen LogP contribution < -0.4 is 15.4 Å². The third kappa shape index (κ3) is 6.15. The van der Waals surface area contributed by atoms with E-state index in [9.17, 15) is 13.6 Å². The van der Waals surface area contributed by atoms with Crippen molar-refractivity contribution in [3.05, 3.63) is 60.6 Å². The van der Waals surface area contributed by atoms with Gasteiger partial charge in [0.05, 0.1) is 24.0 Å². The molecule has 1 amide bonds. The molecular weight excluding hydrogens is 482 g/mol. The Hall–Kier alpha value is -4.19. The van der Waals surface area contributed by atoms with Crippen molar-refractivity contribution >= 4 is 34.1 Å². The Morgan fingerprint density at radius 2 is 1.97 bits per heavy atom. The lowest BCUT2D eigenvalue weighted by molar-refractivity contribution is -0.116. The molecule has 37 heavy (non-hydrogen) atoms. The van der Waals surface area contributed by atoms with Gasteiger partial charge in [-0.15, -0.1) is 5.10 Å². The smallest absolute Gasteiger partial charge is 0.246 e. The first kappa shape index (κ1) is 24.5. The fraction of sp³-hybridized carbons (Fsp3) is 0.320. The number of fused-ring (bicyclic) bond motifs is 1. The van der Waals surface area contributed by atoms with E-state index in [4.69, 9.17) is 4.74 Å². The van der Waals surface area contributed by atoms with Gasteiger partial charge in [0.25, 0.3) is 0 Å². The number of ether oxygens (including phenoxy) is 1. The zero-order chi connectivity index (χ0) is 25.6. The van der Waals surface area contributed by atoms with Crippen LogP contribution in [0.3, 0.4) is 0 Å². The van der Waals surface area contributed by atoms with E-state index in [2.05, 4.69) is 35.8 Å². The minimum Gasteiger partial charge on any atom is -0.493 e. The molecule has 12 heteroatoms. The molecule has 10 nitrogen and oxygen atoms in total. The van der Waals surface area contributed by atoms with Gasteiger partial charge in [-0.1, -0.05) is 11.3 Å². The summed E-state index contributed by atoms with van der Waals surface area (Å²) in [6.45, 7) is 3.80. The summed E-state index contributed by atoms with van der Waals surface area (Å²) in [5, 5.41) is 14.1. The molecule has 5 rings (SSSR count). The average molecular weight is 509 g/mol. The summed E-state index contributed by atoms with van der Waals surface area (Å²) in [5.41, 5.74) is 0.462. The van der Waals surface area contributed by atoms with Crippen molar-refractivity contribution < 1.29 is 18.3 Å². The van der Waals surface area contributed by atoms with Crippen molar-refractivity contribution in [2.45, 2.75) is 25.8 Å². The third-order valence-electron chi connectivity index (χ3n) is 6.01. The summed E-state index contributed by atoms with van der Waals surface area (Å²) >= 11 is 0. The highest BCUT2D eigenvalue weighted by Gasteiger charge is 2.14. The molecule has 2 aromatic carbocycles. The van der Waals surface area contributed by atoms with Crippen molar-refractivity contribution in [1.29, 1.82) is 0 Å². The predicted octanol–water partition coefficient (Wildman–Crippen LogP) is 3.75. The van der Waals surface area contributed by atoms with E-state index in [0.29, 0.717) is 23.8 Å². The van der Waals surface area contributed by atoms with Crippen LogP contribution in [0.4, 0.5) is 26.1 Å². The Morgan fingerprint density at radius 1 is 1.11 bits per heavy atom. The molecule has 4 aromatic rings. The monoisotopic (exact) mass is 508 g/mol. The molecule has 1 saturated heterocycles. The molecule has 2 aromatic heterocycles. The number of carbonyl (C=O) groups is 1. The van der Waals surface area contributed by atoms with E-state index >= 15 is 0 Å². The summed E-state index contributed by atoms with van der Waals surface area (Å²) in [5.74, 6) is -1.14. The second-order valence-electron chi connectivity index (χ2n) is 8.73. The molecule has 0 atom stereocenters. The number of carbonyl (C=O) groups excluding carboxylic acids is 1. The number of hydrogen-bond acceptors (Lipinski definition) is 8. The Kier molecular flexibility index (Phi) is 7.45. The van der Waals surface area contributed by atoms with Gasteiger partial charge in [-0.25, -0.2) is 23.4 Å². The van der Waals surface area contributed by atoms with E-state index in [0.717, 1.165) is 30.2 Å². The third-order valence-corrected chi connectivity index (χ3v) is 6.01. The van der Waals surface area contributed by atoms with Crippen LogP contribution in [0.2, 0.25) is 0 Å². The van der Waals surface area contributed by atoms with Crippen molar-refractivity contribution in [1.82, 2.24) is 29.9 Å². The first-order valence-corrected chi connectivity index (χ1v) is 12.1. The number of aromatic nitrogens is 5. The topological polar surface area (TPSA) is 110 Å². The average Bonchev–Trinajstić information content (AvgIpc) is 3.57. The quantitative estimate of drug-likeness (QED) is 0.312. The van der Waals surface area contributed by atoms with Gasteiger partial charge in [0.1, 0.15) is 24.4 Å².